The average Bonchev–Trinajstić information content (AvgIpc) is 1.68. The molecule has 2 atom stereocenters. The van der Waals surface area contributed by atoms with Crippen molar-refractivity contribution in [1.29, 1.82) is 0 Å². The molecule has 42 valence electrons. The molecule has 0 aromatic heterocycles. The molecule has 1 heterocycles. The van der Waals surface area contributed by atoms with E-state index < -0.39 is 0 Å². The second kappa shape index (κ2) is 1.43. The molecule has 1 aliphatic rings. The molecule has 3 heteroatoms. The molecule has 0 aromatic carbocycles. The minimum absolute atomic E-state index is 0.120. The van der Waals surface area contributed by atoms with E-state index in [0.717, 1.165) is 6.42 Å². The van der Waals surface area contributed by atoms with Gasteiger partial charge in [-0.3, -0.25) is 5.84 Å². The van der Waals surface area contributed by atoms with Gasteiger partial charge in [-0.15, -0.1) is 0 Å². The minimum atomic E-state index is 0.120. The molecule has 2 unspecified atom stereocenters. The first-order valence-corrected chi connectivity index (χ1v) is 2.50. The zero-order valence-corrected chi connectivity index (χ0v) is 4.46. The summed E-state index contributed by atoms with van der Waals surface area (Å²) < 4.78 is 0. The van der Waals surface area contributed by atoms with Crippen LogP contribution in [0, 0.1) is 0 Å². The van der Waals surface area contributed by atoms with Crippen LogP contribution < -0.4 is 11.6 Å². The van der Waals surface area contributed by atoms with Crippen LogP contribution >= 0.6 is 0 Å². The van der Waals surface area contributed by atoms with Crippen LogP contribution in [0.4, 0.5) is 0 Å². The van der Waals surface area contributed by atoms with Crippen molar-refractivity contribution in [1.82, 2.24) is 5.01 Å². The van der Waals surface area contributed by atoms with Crippen LogP contribution in [-0.2, 0) is 0 Å². The van der Waals surface area contributed by atoms with Gasteiger partial charge in [0.05, 0.1) is 6.17 Å². The quantitative estimate of drug-likeness (QED) is 0.394. The highest BCUT2D eigenvalue weighted by molar-refractivity contribution is 4.80. The Morgan fingerprint density at radius 3 is 2.29 bits per heavy atom. The van der Waals surface area contributed by atoms with Crippen molar-refractivity contribution >= 4 is 0 Å². The summed E-state index contributed by atoms with van der Waals surface area (Å²) in [5.41, 5.74) is 5.41. The third-order valence-electron chi connectivity index (χ3n) is 1.47. The maximum atomic E-state index is 5.41. The van der Waals surface area contributed by atoms with E-state index in [1.165, 1.54) is 0 Å². The number of hydrazine groups is 1. The Hall–Kier alpha value is -0.120. The summed E-state index contributed by atoms with van der Waals surface area (Å²) in [6, 6.07) is 0.495. The fourth-order valence-electron chi connectivity index (χ4n) is 0.782. The molecule has 0 spiro atoms. The number of nitrogens with zero attached hydrogens (tertiary/aromatic N) is 1. The van der Waals surface area contributed by atoms with E-state index in [1.807, 2.05) is 0 Å². The normalized spacial score (nSPS) is 43.3. The molecule has 4 N–H and O–H groups in total. The lowest BCUT2D eigenvalue weighted by molar-refractivity contribution is 0.0300. The van der Waals surface area contributed by atoms with Gasteiger partial charge in [0.2, 0.25) is 0 Å². The van der Waals surface area contributed by atoms with Gasteiger partial charge in [0, 0.05) is 6.04 Å². The van der Waals surface area contributed by atoms with E-state index >= 15 is 0 Å². The molecule has 7 heavy (non-hydrogen) atoms. The lowest BCUT2D eigenvalue weighted by Gasteiger charge is -2.40. The van der Waals surface area contributed by atoms with Gasteiger partial charge in [-0.25, -0.2) is 5.01 Å². The van der Waals surface area contributed by atoms with E-state index in [-0.39, 0.29) is 6.17 Å². The van der Waals surface area contributed by atoms with Crippen LogP contribution in [0.15, 0.2) is 0 Å². The van der Waals surface area contributed by atoms with Gasteiger partial charge in [0.25, 0.3) is 0 Å². The van der Waals surface area contributed by atoms with Gasteiger partial charge in [-0.2, -0.15) is 0 Å². The van der Waals surface area contributed by atoms with Crippen molar-refractivity contribution in [2.75, 3.05) is 0 Å². The number of nitrogens with two attached hydrogens (primary N) is 2. The van der Waals surface area contributed by atoms with Gasteiger partial charge >= 0.3 is 0 Å². The van der Waals surface area contributed by atoms with Crippen molar-refractivity contribution in [3.05, 3.63) is 0 Å². The van der Waals surface area contributed by atoms with Crippen LogP contribution in [-0.4, -0.2) is 17.2 Å². The molecular weight excluding hydrogens is 90.1 g/mol. The van der Waals surface area contributed by atoms with Crippen LogP contribution in [0.2, 0.25) is 0 Å². The highest BCUT2D eigenvalue weighted by atomic mass is 15.5. The molecule has 3 nitrogen and oxygen atoms in total. The molecule has 1 aliphatic heterocycles. The van der Waals surface area contributed by atoms with Crippen LogP contribution in [0.25, 0.3) is 0 Å². The third kappa shape index (κ3) is 0.627. The SMILES string of the molecule is CC1CC(N)N1N. The number of hydrogen-bond donors (Lipinski definition) is 2. The summed E-state index contributed by atoms with van der Waals surface area (Å²) in [5, 5.41) is 1.67. The fraction of sp³-hybridized carbons (Fsp3) is 1.00. The summed E-state index contributed by atoms with van der Waals surface area (Å²) in [6.07, 6.45) is 1.16. The summed E-state index contributed by atoms with van der Waals surface area (Å²) >= 11 is 0. The molecule has 1 saturated heterocycles. The molecule has 1 fully saturated rings. The Bertz CT molecular complexity index is 65.3. The molecular formula is C4H11N3. The maximum absolute atomic E-state index is 5.41. The van der Waals surface area contributed by atoms with Crippen molar-refractivity contribution in [2.24, 2.45) is 11.6 Å². The molecule has 0 bridgehead atoms. The number of hydrogen-bond acceptors (Lipinski definition) is 3. The predicted molar refractivity (Wildman–Crippen MR) is 28.1 cm³/mol. The first kappa shape index (κ1) is 5.03. The van der Waals surface area contributed by atoms with Crippen molar-refractivity contribution in [3.8, 4) is 0 Å². The summed E-state index contributed by atoms with van der Waals surface area (Å²) in [7, 11) is 0. The van der Waals surface area contributed by atoms with Crippen molar-refractivity contribution in [3.63, 3.8) is 0 Å². The Labute approximate surface area is 43.2 Å². The Morgan fingerprint density at radius 1 is 1.71 bits per heavy atom. The lowest BCUT2D eigenvalue weighted by Crippen LogP contribution is -2.62. The van der Waals surface area contributed by atoms with E-state index in [0.29, 0.717) is 6.04 Å². The van der Waals surface area contributed by atoms with E-state index in [2.05, 4.69) is 6.92 Å². The second-order valence-electron chi connectivity index (χ2n) is 2.10. The Kier molecular flexibility index (Phi) is 1.03. The van der Waals surface area contributed by atoms with Gasteiger partial charge in [-0.1, -0.05) is 0 Å². The van der Waals surface area contributed by atoms with Crippen LogP contribution in [0.5, 0.6) is 0 Å². The van der Waals surface area contributed by atoms with Gasteiger partial charge in [0.1, 0.15) is 0 Å². The third-order valence-corrected chi connectivity index (χ3v) is 1.47. The Morgan fingerprint density at radius 2 is 2.29 bits per heavy atom. The first-order chi connectivity index (χ1) is 3.22. The van der Waals surface area contributed by atoms with Crippen molar-refractivity contribution in [2.45, 2.75) is 25.6 Å². The fourth-order valence-corrected chi connectivity index (χ4v) is 0.782. The largest absolute Gasteiger partial charge is 0.315 e. The smallest absolute Gasteiger partial charge is 0.0723 e. The molecule has 0 aromatic rings. The van der Waals surface area contributed by atoms with Gasteiger partial charge in [0.15, 0.2) is 0 Å². The summed E-state index contributed by atoms with van der Waals surface area (Å²) in [6.45, 7) is 2.06. The molecule has 1 rings (SSSR count). The first-order valence-electron chi connectivity index (χ1n) is 2.50. The Balaban J connectivity index is 2.29. The zero-order valence-electron chi connectivity index (χ0n) is 4.46. The van der Waals surface area contributed by atoms with Crippen molar-refractivity contribution < 1.29 is 0 Å². The van der Waals surface area contributed by atoms with Crippen LogP contribution in [0.3, 0.4) is 0 Å². The minimum Gasteiger partial charge on any atom is -0.315 e. The van der Waals surface area contributed by atoms with E-state index in [1.54, 1.807) is 5.01 Å². The lowest BCUT2D eigenvalue weighted by atomic mass is 10.1. The molecule has 0 amide bonds. The van der Waals surface area contributed by atoms with E-state index in [4.69, 9.17) is 11.6 Å². The average molecular weight is 101 g/mol. The maximum Gasteiger partial charge on any atom is 0.0723 e. The van der Waals surface area contributed by atoms with Gasteiger partial charge < -0.3 is 5.73 Å². The summed E-state index contributed by atoms with van der Waals surface area (Å²) in [4.78, 5) is 0. The standard InChI is InChI=1S/C4H11N3/c1-3-2-4(5)7(3)6/h3-4H,2,5-6H2,1H3. The van der Waals surface area contributed by atoms with Crippen LogP contribution in [0.1, 0.15) is 13.3 Å². The topological polar surface area (TPSA) is 55.3 Å². The monoisotopic (exact) mass is 101 g/mol. The predicted octanol–water partition coefficient (Wildman–Crippen LogP) is -0.761. The molecule has 0 radical (unpaired) electrons. The van der Waals surface area contributed by atoms with E-state index in [9.17, 15) is 0 Å². The molecule has 0 saturated carbocycles. The number of rotatable bonds is 0. The highest BCUT2D eigenvalue weighted by Crippen LogP contribution is 2.14. The highest BCUT2D eigenvalue weighted by Gasteiger charge is 2.28. The second-order valence-corrected chi connectivity index (χ2v) is 2.10. The van der Waals surface area contributed by atoms with Gasteiger partial charge in [-0.05, 0) is 13.3 Å². The summed E-state index contributed by atoms with van der Waals surface area (Å²) in [5.74, 6) is 5.37. The zero-order chi connectivity index (χ0) is 5.44. The molecule has 0 aliphatic carbocycles.